The first-order valence-corrected chi connectivity index (χ1v) is 10.2. The number of rotatable bonds is 7. The molecule has 1 aromatic heterocycles. The molecule has 7 heteroatoms. The lowest BCUT2D eigenvalue weighted by Crippen LogP contribution is -2.31. The number of hydrogen-bond acceptors (Lipinski definition) is 6. The molecule has 0 bridgehead atoms. The normalized spacial score (nSPS) is 15.3. The molecule has 0 saturated heterocycles. The number of benzene rings is 1. The standard InChI is InChI=1S/C22H23N3O3S/c1-5-11-28-21(27)16-14(4)23-19-18(17(16)15-10-8-7-9-13(15)3)20(26)25-22(24-19)29-12-6-2/h5-10,17H,1-2,11-12H2,3-4H3,(H2,23,24,25,26). The lowest BCUT2D eigenvalue weighted by atomic mass is 9.80. The lowest BCUT2D eigenvalue weighted by molar-refractivity contribution is -0.138. The smallest absolute Gasteiger partial charge is 0.337 e. The Kier molecular flexibility index (Phi) is 6.39. The van der Waals surface area contributed by atoms with Crippen molar-refractivity contribution in [1.82, 2.24) is 9.97 Å². The third-order valence-electron chi connectivity index (χ3n) is 4.61. The van der Waals surface area contributed by atoms with Crippen LogP contribution in [-0.2, 0) is 9.53 Å². The summed E-state index contributed by atoms with van der Waals surface area (Å²) in [5.41, 5.74) is 2.95. The summed E-state index contributed by atoms with van der Waals surface area (Å²) >= 11 is 1.38. The molecular weight excluding hydrogens is 386 g/mol. The van der Waals surface area contributed by atoms with Gasteiger partial charge in [0.05, 0.1) is 17.1 Å². The number of aromatic amines is 1. The minimum atomic E-state index is -0.584. The Morgan fingerprint density at radius 3 is 2.72 bits per heavy atom. The predicted molar refractivity (Wildman–Crippen MR) is 116 cm³/mol. The van der Waals surface area contributed by atoms with Crippen LogP contribution in [0.4, 0.5) is 5.82 Å². The fraction of sp³-hybridized carbons (Fsp3) is 0.227. The van der Waals surface area contributed by atoms with E-state index < -0.39 is 11.9 Å². The number of thioether (sulfide) groups is 1. The number of ether oxygens (including phenoxy) is 1. The number of carbonyl (C=O) groups excluding carboxylic acids is 1. The Labute approximate surface area is 173 Å². The van der Waals surface area contributed by atoms with Gasteiger partial charge in [0.1, 0.15) is 12.4 Å². The van der Waals surface area contributed by atoms with E-state index >= 15 is 0 Å². The maximum absolute atomic E-state index is 13.1. The molecule has 1 aliphatic rings. The number of nitrogens with zero attached hydrogens (tertiary/aromatic N) is 1. The molecule has 1 atom stereocenters. The summed E-state index contributed by atoms with van der Waals surface area (Å²) in [7, 11) is 0. The van der Waals surface area contributed by atoms with Crippen LogP contribution in [0, 0.1) is 6.92 Å². The molecule has 0 amide bonds. The van der Waals surface area contributed by atoms with Crippen molar-refractivity contribution in [3.8, 4) is 0 Å². The van der Waals surface area contributed by atoms with E-state index in [4.69, 9.17) is 4.74 Å². The lowest BCUT2D eigenvalue weighted by Gasteiger charge is -2.29. The summed E-state index contributed by atoms with van der Waals surface area (Å²) in [5.74, 6) is 0.000736. The molecule has 0 fully saturated rings. The summed E-state index contributed by atoms with van der Waals surface area (Å²) in [6, 6.07) is 7.69. The molecule has 0 radical (unpaired) electrons. The average molecular weight is 410 g/mol. The highest BCUT2D eigenvalue weighted by molar-refractivity contribution is 7.99. The Bertz CT molecular complexity index is 1060. The predicted octanol–water partition coefficient (Wildman–Crippen LogP) is 3.92. The third kappa shape index (κ3) is 4.19. The van der Waals surface area contributed by atoms with Crippen LogP contribution in [-0.4, -0.2) is 28.3 Å². The minimum absolute atomic E-state index is 0.0920. The van der Waals surface area contributed by atoms with E-state index in [-0.39, 0.29) is 12.2 Å². The van der Waals surface area contributed by atoms with Crippen LogP contribution in [0.3, 0.4) is 0 Å². The highest BCUT2D eigenvalue weighted by Gasteiger charge is 2.37. The molecule has 2 N–H and O–H groups in total. The number of fused-ring (bicyclic) bond motifs is 1. The zero-order valence-electron chi connectivity index (χ0n) is 16.5. The van der Waals surface area contributed by atoms with Crippen molar-refractivity contribution in [3.63, 3.8) is 0 Å². The molecule has 6 nitrogen and oxygen atoms in total. The number of anilines is 1. The molecule has 1 aromatic carbocycles. The van der Waals surface area contributed by atoms with Gasteiger partial charge in [-0.1, -0.05) is 54.8 Å². The summed E-state index contributed by atoms with van der Waals surface area (Å²) in [6.45, 7) is 11.1. The number of carbonyl (C=O) groups is 1. The van der Waals surface area contributed by atoms with Crippen LogP contribution in [0.25, 0.3) is 0 Å². The minimum Gasteiger partial charge on any atom is -0.458 e. The first-order chi connectivity index (χ1) is 14.0. The molecule has 2 heterocycles. The van der Waals surface area contributed by atoms with Gasteiger partial charge in [0, 0.05) is 11.4 Å². The molecule has 3 rings (SSSR count). The summed E-state index contributed by atoms with van der Waals surface area (Å²) in [5, 5.41) is 3.62. The van der Waals surface area contributed by atoms with Gasteiger partial charge in [-0.3, -0.25) is 4.79 Å². The number of nitrogens with one attached hydrogen (secondary N) is 2. The highest BCUT2D eigenvalue weighted by Crippen LogP contribution is 2.41. The van der Waals surface area contributed by atoms with Crippen LogP contribution in [0.15, 0.2) is 70.8 Å². The van der Waals surface area contributed by atoms with Gasteiger partial charge in [0.25, 0.3) is 5.56 Å². The molecule has 1 aliphatic heterocycles. The first-order valence-electron chi connectivity index (χ1n) is 9.17. The Hall–Kier alpha value is -3.06. The van der Waals surface area contributed by atoms with Gasteiger partial charge in [0.2, 0.25) is 0 Å². The Balaban J connectivity index is 2.20. The van der Waals surface area contributed by atoms with Gasteiger partial charge in [0.15, 0.2) is 5.16 Å². The number of esters is 1. The molecule has 2 aromatic rings. The highest BCUT2D eigenvalue weighted by atomic mass is 32.2. The maximum atomic E-state index is 13.1. The van der Waals surface area contributed by atoms with Crippen molar-refractivity contribution >= 4 is 23.5 Å². The zero-order chi connectivity index (χ0) is 21.0. The first kappa shape index (κ1) is 20.7. The van der Waals surface area contributed by atoms with Crippen LogP contribution in [0.2, 0.25) is 0 Å². The fourth-order valence-corrected chi connectivity index (χ4v) is 3.94. The second kappa shape index (κ2) is 8.96. The second-order valence-electron chi connectivity index (χ2n) is 6.57. The third-order valence-corrected chi connectivity index (χ3v) is 5.48. The summed E-state index contributed by atoms with van der Waals surface area (Å²) in [6.07, 6.45) is 3.25. The second-order valence-corrected chi connectivity index (χ2v) is 7.58. The van der Waals surface area contributed by atoms with Gasteiger partial charge >= 0.3 is 5.97 Å². The van der Waals surface area contributed by atoms with Crippen molar-refractivity contribution in [1.29, 1.82) is 0 Å². The molecule has 1 unspecified atom stereocenters. The Morgan fingerprint density at radius 1 is 1.28 bits per heavy atom. The monoisotopic (exact) mass is 409 g/mol. The largest absolute Gasteiger partial charge is 0.458 e. The van der Waals surface area contributed by atoms with Crippen LogP contribution in [0.5, 0.6) is 0 Å². The van der Waals surface area contributed by atoms with Crippen molar-refractivity contribution in [2.45, 2.75) is 24.9 Å². The van der Waals surface area contributed by atoms with Crippen molar-refractivity contribution in [2.75, 3.05) is 17.7 Å². The topological polar surface area (TPSA) is 84.1 Å². The number of aromatic nitrogens is 2. The molecule has 0 saturated carbocycles. The molecule has 0 aliphatic carbocycles. The molecule has 150 valence electrons. The Morgan fingerprint density at radius 2 is 2.03 bits per heavy atom. The quantitative estimate of drug-likeness (QED) is 0.312. The number of aryl methyl sites for hydroxylation is 1. The summed E-state index contributed by atoms with van der Waals surface area (Å²) < 4.78 is 5.32. The van der Waals surface area contributed by atoms with E-state index in [2.05, 4.69) is 28.4 Å². The van der Waals surface area contributed by atoms with E-state index in [1.165, 1.54) is 17.8 Å². The number of hydrogen-bond donors (Lipinski definition) is 2. The van der Waals surface area contributed by atoms with E-state index in [9.17, 15) is 9.59 Å². The van der Waals surface area contributed by atoms with Crippen molar-refractivity contribution < 1.29 is 9.53 Å². The maximum Gasteiger partial charge on any atom is 0.337 e. The van der Waals surface area contributed by atoms with Gasteiger partial charge < -0.3 is 15.0 Å². The van der Waals surface area contributed by atoms with Gasteiger partial charge in [-0.15, -0.1) is 6.58 Å². The van der Waals surface area contributed by atoms with Gasteiger partial charge in [-0.2, -0.15) is 0 Å². The summed E-state index contributed by atoms with van der Waals surface area (Å²) in [4.78, 5) is 33.3. The van der Waals surface area contributed by atoms with Crippen LogP contribution in [0.1, 0.15) is 29.5 Å². The number of H-pyrrole nitrogens is 1. The van der Waals surface area contributed by atoms with E-state index in [1.807, 2.05) is 31.2 Å². The molecular formula is C22H23N3O3S. The van der Waals surface area contributed by atoms with E-state index in [1.54, 1.807) is 13.0 Å². The van der Waals surface area contributed by atoms with Gasteiger partial charge in [-0.25, -0.2) is 9.78 Å². The van der Waals surface area contributed by atoms with Gasteiger partial charge in [-0.05, 0) is 25.0 Å². The van der Waals surface area contributed by atoms with Crippen molar-refractivity contribution in [3.05, 3.63) is 87.9 Å². The molecule has 29 heavy (non-hydrogen) atoms. The van der Waals surface area contributed by atoms with Crippen LogP contribution >= 0.6 is 11.8 Å². The van der Waals surface area contributed by atoms with Crippen LogP contribution < -0.4 is 10.9 Å². The average Bonchev–Trinajstić information content (AvgIpc) is 2.69. The van der Waals surface area contributed by atoms with E-state index in [0.29, 0.717) is 33.6 Å². The zero-order valence-corrected chi connectivity index (χ0v) is 17.3. The molecule has 0 spiro atoms. The fourth-order valence-electron chi connectivity index (χ4n) is 3.34. The number of allylic oxidation sites excluding steroid dienone is 1. The van der Waals surface area contributed by atoms with Crippen molar-refractivity contribution in [2.24, 2.45) is 0 Å². The SMILES string of the molecule is C=CCOC(=O)C1=C(C)Nc2nc(SCC=C)[nH]c(=O)c2C1c1ccccc1C. The van der Waals surface area contributed by atoms with E-state index in [0.717, 1.165) is 11.1 Å².